The molecular formula is C25H24N4O5S3. The number of esters is 1. The van der Waals surface area contributed by atoms with Crippen LogP contribution in [0, 0.1) is 0 Å². The maximum Gasteiger partial charge on any atom is 0.337 e. The van der Waals surface area contributed by atoms with Crippen molar-refractivity contribution in [3.8, 4) is 11.3 Å². The maximum atomic E-state index is 12.6. The molecule has 0 saturated heterocycles. The van der Waals surface area contributed by atoms with Gasteiger partial charge in [-0.05, 0) is 18.2 Å². The summed E-state index contributed by atoms with van der Waals surface area (Å²) in [7, 11) is 2.93. The highest BCUT2D eigenvalue weighted by atomic mass is 32.2. The summed E-state index contributed by atoms with van der Waals surface area (Å²) in [5, 5.41) is 5.17. The number of aromatic nitrogens is 2. The van der Waals surface area contributed by atoms with Gasteiger partial charge in [-0.1, -0.05) is 41.7 Å². The number of nitrogens with one attached hydrogen (secondary N) is 1. The van der Waals surface area contributed by atoms with Gasteiger partial charge in [-0.2, -0.15) is 4.99 Å². The number of thiazole rings is 2. The number of amides is 2. The van der Waals surface area contributed by atoms with E-state index in [0.29, 0.717) is 28.6 Å². The van der Waals surface area contributed by atoms with Crippen LogP contribution in [0.5, 0.6) is 0 Å². The molecule has 0 aliphatic heterocycles. The van der Waals surface area contributed by atoms with Crippen molar-refractivity contribution in [2.75, 3.05) is 37.6 Å². The van der Waals surface area contributed by atoms with Crippen LogP contribution < -0.4 is 10.1 Å². The van der Waals surface area contributed by atoms with Gasteiger partial charge >= 0.3 is 5.97 Å². The number of ether oxygens (including phenoxy) is 2. The molecule has 2 aromatic carbocycles. The molecule has 0 aliphatic rings. The first-order chi connectivity index (χ1) is 18.0. The van der Waals surface area contributed by atoms with Crippen LogP contribution in [0.15, 0.2) is 58.9 Å². The van der Waals surface area contributed by atoms with E-state index >= 15 is 0 Å². The van der Waals surface area contributed by atoms with Crippen molar-refractivity contribution in [3.05, 3.63) is 64.3 Å². The molecule has 4 rings (SSSR count). The lowest BCUT2D eigenvalue weighted by atomic mass is 10.2. The molecule has 1 N–H and O–H groups in total. The fourth-order valence-electron chi connectivity index (χ4n) is 3.40. The van der Waals surface area contributed by atoms with Crippen LogP contribution in [0.25, 0.3) is 21.5 Å². The van der Waals surface area contributed by atoms with Crippen molar-refractivity contribution in [3.63, 3.8) is 0 Å². The lowest BCUT2D eigenvalue weighted by Crippen LogP contribution is -2.20. The minimum Gasteiger partial charge on any atom is -0.465 e. The van der Waals surface area contributed by atoms with Crippen LogP contribution in [0.1, 0.15) is 10.4 Å². The Morgan fingerprint density at radius 3 is 2.68 bits per heavy atom. The minimum absolute atomic E-state index is 0.0481. The summed E-state index contributed by atoms with van der Waals surface area (Å²) in [5.74, 6) is -0.882. The molecule has 0 fully saturated rings. The van der Waals surface area contributed by atoms with Crippen LogP contribution in [-0.4, -0.2) is 59.7 Å². The highest BCUT2D eigenvalue weighted by molar-refractivity contribution is 8.00. The zero-order chi connectivity index (χ0) is 26.2. The number of benzene rings is 2. The van der Waals surface area contributed by atoms with Gasteiger partial charge in [-0.25, -0.2) is 9.78 Å². The summed E-state index contributed by atoms with van der Waals surface area (Å²) in [4.78, 5) is 46.0. The Morgan fingerprint density at radius 1 is 1.11 bits per heavy atom. The van der Waals surface area contributed by atoms with E-state index in [1.165, 1.54) is 41.5 Å². The third-order valence-corrected chi connectivity index (χ3v) is 7.84. The molecule has 0 aliphatic carbocycles. The smallest absolute Gasteiger partial charge is 0.337 e. The van der Waals surface area contributed by atoms with Gasteiger partial charge in [-0.3, -0.25) is 9.59 Å². The fraction of sp³-hybridized carbons (Fsp3) is 0.240. The number of hydrogen-bond acceptors (Lipinski definition) is 9. The number of rotatable bonds is 10. The number of hydrogen-bond donors (Lipinski definition) is 1. The topological polar surface area (TPSA) is 112 Å². The van der Waals surface area contributed by atoms with Crippen LogP contribution >= 0.6 is 34.4 Å². The molecule has 0 saturated carbocycles. The van der Waals surface area contributed by atoms with Crippen molar-refractivity contribution in [1.29, 1.82) is 0 Å². The summed E-state index contributed by atoms with van der Waals surface area (Å²) in [6.07, 6.45) is 0. The number of nitrogens with zero attached hydrogens (tertiary/aromatic N) is 3. The van der Waals surface area contributed by atoms with E-state index in [1.807, 2.05) is 40.3 Å². The summed E-state index contributed by atoms with van der Waals surface area (Å²) >= 11 is 3.84. The monoisotopic (exact) mass is 556 g/mol. The van der Waals surface area contributed by atoms with Crippen molar-refractivity contribution < 1.29 is 23.9 Å². The number of carbonyl (C=O) groups excluding carboxylic acids is 3. The van der Waals surface area contributed by atoms with E-state index in [-0.39, 0.29) is 23.3 Å². The minimum atomic E-state index is -0.433. The lowest BCUT2D eigenvalue weighted by molar-refractivity contribution is -0.115. The average molecular weight is 557 g/mol. The molecule has 2 aromatic heterocycles. The van der Waals surface area contributed by atoms with Crippen LogP contribution in [0.3, 0.4) is 0 Å². The summed E-state index contributed by atoms with van der Waals surface area (Å²) in [5.41, 5.74) is 3.04. The van der Waals surface area contributed by atoms with Gasteiger partial charge in [0.2, 0.25) is 5.91 Å². The van der Waals surface area contributed by atoms with Gasteiger partial charge in [0.15, 0.2) is 9.93 Å². The predicted octanol–water partition coefficient (Wildman–Crippen LogP) is 4.06. The molecule has 0 atom stereocenters. The number of anilines is 1. The second-order valence-corrected chi connectivity index (χ2v) is 10.5. The Balaban J connectivity index is 1.38. The van der Waals surface area contributed by atoms with Gasteiger partial charge in [0.1, 0.15) is 0 Å². The first kappa shape index (κ1) is 26.7. The Labute approximate surface area is 225 Å². The molecule has 0 unspecified atom stereocenters. The maximum absolute atomic E-state index is 12.6. The first-order valence-electron chi connectivity index (χ1n) is 11.1. The Morgan fingerprint density at radius 2 is 1.92 bits per heavy atom. The third-order valence-electron chi connectivity index (χ3n) is 5.12. The molecule has 37 heavy (non-hydrogen) atoms. The zero-order valence-corrected chi connectivity index (χ0v) is 22.6. The number of methoxy groups -OCH3 is 2. The van der Waals surface area contributed by atoms with Crippen molar-refractivity contribution in [1.82, 2.24) is 9.55 Å². The van der Waals surface area contributed by atoms with E-state index in [4.69, 9.17) is 9.47 Å². The van der Waals surface area contributed by atoms with Gasteiger partial charge in [0.05, 0.1) is 46.7 Å². The molecule has 0 bridgehead atoms. The van der Waals surface area contributed by atoms with Crippen molar-refractivity contribution in [2.45, 2.75) is 6.54 Å². The van der Waals surface area contributed by atoms with Crippen LogP contribution in [0.2, 0.25) is 0 Å². The van der Waals surface area contributed by atoms with Gasteiger partial charge in [-0.15, -0.1) is 23.1 Å². The van der Waals surface area contributed by atoms with Gasteiger partial charge in [0.25, 0.3) is 5.91 Å². The number of fused-ring (bicyclic) bond motifs is 1. The summed E-state index contributed by atoms with van der Waals surface area (Å²) < 4.78 is 12.7. The van der Waals surface area contributed by atoms with Crippen molar-refractivity contribution >= 4 is 67.6 Å². The molecule has 192 valence electrons. The van der Waals surface area contributed by atoms with Crippen LogP contribution in [-0.2, 0) is 25.6 Å². The zero-order valence-electron chi connectivity index (χ0n) is 20.1. The molecule has 12 heteroatoms. The largest absolute Gasteiger partial charge is 0.465 e. The van der Waals surface area contributed by atoms with E-state index < -0.39 is 5.97 Å². The van der Waals surface area contributed by atoms with Gasteiger partial charge < -0.3 is 19.4 Å². The molecule has 9 nitrogen and oxygen atoms in total. The van der Waals surface area contributed by atoms with E-state index in [1.54, 1.807) is 25.3 Å². The summed E-state index contributed by atoms with van der Waals surface area (Å²) in [6.45, 7) is 0.929. The predicted molar refractivity (Wildman–Crippen MR) is 147 cm³/mol. The number of thioether (sulfide) groups is 1. The highest BCUT2D eigenvalue weighted by Crippen LogP contribution is 2.25. The van der Waals surface area contributed by atoms with E-state index in [9.17, 15) is 14.4 Å². The molecular weight excluding hydrogens is 532 g/mol. The van der Waals surface area contributed by atoms with Crippen molar-refractivity contribution in [2.24, 2.45) is 4.99 Å². The second-order valence-electron chi connectivity index (χ2n) is 7.65. The highest BCUT2D eigenvalue weighted by Gasteiger charge is 2.13. The van der Waals surface area contributed by atoms with E-state index in [2.05, 4.69) is 15.3 Å². The Hall–Kier alpha value is -3.32. The van der Waals surface area contributed by atoms with Crippen LogP contribution in [0.4, 0.5) is 5.13 Å². The van der Waals surface area contributed by atoms with E-state index in [0.717, 1.165) is 21.5 Å². The molecule has 0 radical (unpaired) electrons. The summed E-state index contributed by atoms with van der Waals surface area (Å²) in [6, 6.07) is 14.9. The normalized spacial score (nSPS) is 11.6. The lowest BCUT2D eigenvalue weighted by Gasteiger charge is -2.05. The molecule has 0 spiro atoms. The van der Waals surface area contributed by atoms with Gasteiger partial charge in [0, 0.05) is 24.6 Å². The molecule has 2 heterocycles. The fourth-order valence-corrected chi connectivity index (χ4v) is 5.85. The SMILES string of the molecule is COCCn1c(=NC(=O)CSCC(=O)Nc2nc(-c3ccccc3)cs2)sc2cc(C(=O)OC)ccc21. The quantitative estimate of drug-likeness (QED) is 0.293. The second kappa shape index (κ2) is 12.8. The molecule has 4 aromatic rings. The Kier molecular flexibility index (Phi) is 9.23. The third kappa shape index (κ3) is 6.92. The first-order valence-corrected chi connectivity index (χ1v) is 14.0. The molecule has 2 amide bonds. The standard InChI is InChI=1S/C25H24N4O5S3/c1-33-11-10-29-19-9-8-17(23(32)34-2)12-20(19)37-25(29)28-22(31)15-35-14-21(30)27-24-26-18(13-36-24)16-6-4-3-5-7-16/h3-9,12-13H,10-11,14-15H2,1-2H3,(H,26,27,30). The number of carbonyl (C=O) groups is 3. The average Bonchev–Trinajstić information content (AvgIpc) is 3.51. The Bertz CT molecular complexity index is 1480.